The highest BCUT2D eigenvalue weighted by Crippen LogP contribution is 2.16. The normalized spacial score (nSPS) is 11.0. The van der Waals surface area contributed by atoms with Crippen molar-refractivity contribution in [1.82, 2.24) is 4.90 Å². The molecule has 0 aliphatic carbocycles. The summed E-state index contributed by atoms with van der Waals surface area (Å²) in [6.45, 7) is 3.86. The van der Waals surface area contributed by atoms with Crippen LogP contribution >= 0.6 is 15.9 Å². The van der Waals surface area contributed by atoms with Gasteiger partial charge < -0.3 is 4.74 Å². The second-order valence-electron chi connectivity index (χ2n) is 3.82. The lowest BCUT2D eigenvalue weighted by atomic mass is 10.1. The topological polar surface area (TPSA) is 12.5 Å². The summed E-state index contributed by atoms with van der Waals surface area (Å²) in [5, 5.41) is 0. The molecule has 0 aromatic heterocycles. The van der Waals surface area contributed by atoms with Gasteiger partial charge in [0, 0.05) is 18.1 Å². The highest BCUT2D eigenvalue weighted by Gasteiger charge is 2.02. The molecule has 1 rings (SSSR count). The van der Waals surface area contributed by atoms with Crippen LogP contribution in [0.25, 0.3) is 0 Å². The molecule has 0 heterocycles. The number of hydrogen-bond acceptors (Lipinski definition) is 2. The van der Waals surface area contributed by atoms with Crippen molar-refractivity contribution >= 4 is 15.9 Å². The molecular weight excluding hydrogens is 254 g/mol. The summed E-state index contributed by atoms with van der Waals surface area (Å²) in [4.78, 5) is 2.17. The van der Waals surface area contributed by atoms with Crippen LogP contribution in [-0.4, -0.2) is 32.3 Å². The Hall–Kier alpha value is -0.380. The average molecular weight is 272 g/mol. The van der Waals surface area contributed by atoms with Crippen LogP contribution in [0.3, 0.4) is 0 Å². The van der Waals surface area contributed by atoms with Crippen LogP contribution in [0, 0.1) is 6.92 Å². The Morgan fingerprint density at radius 3 is 2.80 bits per heavy atom. The summed E-state index contributed by atoms with van der Waals surface area (Å²) in [6.07, 6.45) is 1.06. The van der Waals surface area contributed by atoms with Crippen LogP contribution in [0.2, 0.25) is 0 Å². The van der Waals surface area contributed by atoms with Crippen LogP contribution in [0.1, 0.15) is 11.1 Å². The second kappa shape index (κ2) is 6.26. The molecule has 0 spiro atoms. The van der Waals surface area contributed by atoms with Gasteiger partial charge in [0.2, 0.25) is 0 Å². The molecule has 0 saturated heterocycles. The smallest absolute Gasteiger partial charge is 0.0984 e. The number of ether oxygens (including phenoxy) is 1. The number of likely N-dealkylation sites (N-methyl/N-ethyl adjacent to an activating group) is 1. The summed E-state index contributed by atoms with van der Waals surface area (Å²) < 4.78 is 6.21. The molecule has 3 heteroatoms. The minimum atomic E-state index is 0.688. The number of halogens is 1. The summed E-state index contributed by atoms with van der Waals surface area (Å²) >= 11 is 3.50. The zero-order valence-corrected chi connectivity index (χ0v) is 11.2. The van der Waals surface area contributed by atoms with Crippen molar-refractivity contribution in [3.63, 3.8) is 0 Å². The predicted molar refractivity (Wildman–Crippen MR) is 67.1 cm³/mol. The molecule has 84 valence electrons. The monoisotopic (exact) mass is 271 g/mol. The highest BCUT2D eigenvalue weighted by molar-refractivity contribution is 9.10. The number of hydrogen-bond donors (Lipinski definition) is 0. The van der Waals surface area contributed by atoms with Gasteiger partial charge in [0.1, 0.15) is 0 Å². The summed E-state index contributed by atoms with van der Waals surface area (Å²) in [5.74, 6) is 0. The lowest BCUT2D eigenvalue weighted by molar-refractivity contribution is 0.0827. The zero-order chi connectivity index (χ0) is 11.3. The van der Waals surface area contributed by atoms with Gasteiger partial charge in [-0.1, -0.05) is 22.0 Å². The van der Waals surface area contributed by atoms with Gasteiger partial charge >= 0.3 is 0 Å². The third-order valence-electron chi connectivity index (χ3n) is 2.42. The third-order valence-corrected chi connectivity index (χ3v) is 2.92. The summed E-state index contributed by atoms with van der Waals surface area (Å²) in [6, 6.07) is 6.42. The predicted octanol–water partition coefficient (Wildman–Crippen LogP) is 2.84. The first-order valence-corrected chi connectivity index (χ1v) is 5.85. The first-order chi connectivity index (χ1) is 7.13. The van der Waals surface area contributed by atoms with Crippen molar-refractivity contribution < 1.29 is 4.74 Å². The Balaban J connectivity index is 2.53. The average Bonchev–Trinajstić information content (AvgIpc) is 2.20. The molecule has 0 saturated carbocycles. The first kappa shape index (κ1) is 12.7. The quantitative estimate of drug-likeness (QED) is 0.764. The van der Waals surface area contributed by atoms with E-state index in [1.54, 1.807) is 7.11 Å². The lowest BCUT2D eigenvalue weighted by Crippen LogP contribution is -2.23. The van der Waals surface area contributed by atoms with E-state index in [1.807, 2.05) is 0 Å². The van der Waals surface area contributed by atoms with Gasteiger partial charge in [0.15, 0.2) is 0 Å². The van der Waals surface area contributed by atoms with Gasteiger partial charge in [0.25, 0.3) is 0 Å². The molecule has 0 aliphatic heterocycles. The van der Waals surface area contributed by atoms with Crippen LogP contribution in [0.5, 0.6) is 0 Å². The van der Waals surface area contributed by atoms with E-state index in [0.717, 1.165) is 17.4 Å². The molecule has 15 heavy (non-hydrogen) atoms. The Labute approximate surface area is 100 Å². The number of aryl methyl sites for hydroxylation is 1. The van der Waals surface area contributed by atoms with Gasteiger partial charge in [-0.3, -0.25) is 4.90 Å². The van der Waals surface area contributed by atoms with Gasteiger partial charge in [-0.05, 0) is 43.7 Å². The van der Waals surface area contributed by atoms with Crippen molar-refractivity contribution in [2.24, 2.45) is 0 Å². The number of nitrogens with zero attached hydrogens (tertiary/aromatic N) is 1. The van der Waals surface area contributed by atoms with Gasteiger partial charge in [0.05, 0.1) is 6.73 Å². The van der Waals surface area contributed by atoms with E-state index in [2.05, 4.69) is 53.0 Å². The fourth-order valence-electron chi connectivity index (χ4n) is 1.51. The Kier molecular flexibility index (Phi) is 5.29. The molecule has 1 aromatic rings. The zero-order valence-electron chi connectivity index (χ0n) is 9.59. The minimum Gasteiger partial charge on any atom is -0.369 e. The number of methoxy groups -OCH3 is 1. The SMILES string of the molecule is COCN(C)CCc1cc(Br)ccc1C. The van der Waals surface area contributed by atoms with E-state index in [-0.39, 0.29) is 0 Å². The van der Waals surface area contributed by atoms with Crippen molar-refractivity contribution in [2.45, 2.75) is 13.3 Å². The standard InChI is InChI=1S/C12H18BrNO/c1-10-4-5-12(13)8-11(10)6-7-14(2)9-15-3/h4-5,8H,6-7,9H2,1-3H3. The van der Waals surface area contributed by atoms with Crippen molar-refractivity contribution in [3.05, 3.63) is 33.8 Å². The van der Waals surface area contributed by atoms with Crippen LogP contribution < -0.4 is 0 Å². The molecule has 0 amide bonds. The van der Waals surface area contributed by atoms with Gasteiger partial charge in [-0.25, -0.2) is 0 Å². The largest absolute Gasteiger partial charge is 0.369 e. The van der Waals surface area contributed by atoms with Crippen molar-refractivity contribution in [1.29, 1.82) is 0 Å². The van der Waals surface area contributed by atoms with Crippen molar-refractivity contribution in [2.75, 3.05) is 27.4 Å². The molecule has 0 aliphatic rings. The highest BCUT2D eigenvalue weighted by atomic mass is 79.9. The van der Waals surface area contributed by atoms with Crippen molar-refractivity contribution in [3.8, 4) is 0 Å². The fraction of sp³-hybridized carbons (Fsp3) is 0.500. The number of rotatable bonds is 5. The maximum absolute atomic E-state index is 5.06. The lowest BCUT2D eigenvalue weighted by Gasteiger charge is -2.16. The van der Waals surface area contributed by atoms with Gasteiger partial charge in [-0.15, -0.1) is 0 Å². The molecule has 0 N–H and O–H groups in total. The van der Waals surface area contributed by atoms with Crippen LogP contribution in [0.15, 0.2) is 22.7 Å². The maximum atomic E-state index is 5.06. The maximum Gasteiger partial charge on any atom is 0.0984 e. The fourth-order valence-corrected chi connectivity index (χ4v) is 1.91. The minimum absolute atomic E-state index is 0.688. The third kappa shape index (κ3) is 4.33. The molecule has 0 radical (unpaired) electrons. The molecule has 1 aromatic carbocycles. The molecular formula is C12H18BrNO. The molecule has 0 fully saturated rings. The molecule has 0 bridgehead atoms. The van der Waals surface area contributed by atoms with Gasteiger partial charge in [-0.2, -0.15) is 0 Å². The van der Waals surface area contributed by atoms with Crippen LogP contribution in [0.4, 0.5) is 0 Å². The van der Waals surface area contributed by atoms with E-state index in [4.69, 9.17) is 4.74 Å². The van der Waals surface area contributed by atoms with E-state index in [0.29, 0.717) is 6.73 Å². The van der Waals surface area contributed by atoms with E-state index in [1.165, 1.54) is 11.1 Å². The Morgan fingerprint density at radius 1 is 1.40 bits per heavy atom. The van der Waals surface area contributed by atoms with E-state index < -0.39 is 0 Å². The second-order valence-corrected chi connectivity index (χ2v) is 4.73. The van der Waals surface area contributed by atoms with E-state index in [9.17, 15) is 0 Å². The molecule has 0 unspecified atom stereocenters. The first-order valence-electron chi connectivity index (χ1n) is 5.06. The summed E-state index contributed by atoms with van der Waals surface area (Å²) in [7, 11) is 3.79. The summed E-state index contributed by atoms with van der Waals surface area (Å²) in [5.41, 5.74) is 2.75. The molecule has 0 atom stereocenters. The van der Waals surface area contributed by atoms with E-state index >= 15 is 0 Å². The Bertz CT molecular complexity index is 314. The molecule has 2 nitrogen and oxygen atoms in total. The number of benzene rings is 1. The Morgan fingerprint density at radius 2 is 2.13 bits per heavy atom. The van der Waals surface area contributed by atoms with Crippen LogP contribution in [-0.2, 0) is 11.2 Å².